The molecule has 3 heterocycles. The molecule has 198 valence electrons. The molecule has 2 saturated heterocycles. The monoisotopic (exact) mass is 553 g/mol. The smallest absolute Gasteiger partial charge is 0.369 e. The summed E-state index contributed by atoms with van der Waals surface area (Å²) in [6.45, 7) is 2.96. The van der Waals surface area contributed by atoms with Gasteiger partial charge in [-0.2, -0.15) is 13.2 Å². The van der Waals surface area contributed by atoms with Crippen LogP contribution in [0.25, 0.3) is 0 Å². The molecule has 1 aromatic heterocycles. The maximum Gasteiger partial charge on any atom is 0.416 e. The van der Waals surface area contributed by atoms with E-state index in [1.807, 2.05) is 4.90 Å². The number of alkyl halides is 3. The predicted octanol–water partition coefficient (Wildman–Crippen LogP) is 4.14. The minimum absolute atomic E-state index is 0. The van der Waals surface area contributed by atoms with Gasteiger partial charge in [-0.1, -0.05) is 0 Å². The van der Waals surface area contributed by atoms with Crippen molar-refractivity contribution in [1.29, 1.82) is 0 Å². The summed E-state index contributed by atoms with van der Waals surface area (Å²) in [5.74, 6) is -0.0421. The Bertz CT molecular complexity index is 1350. The Labute approximate surface area is 217 Å². The third-order valence-corrected chi connectivity index (χ3v) is 8.78. The van der Waals surface area contributed by atoms with E-state index in [9.17, 15) is 26.4 Å². The number of benzene rings is 2. The Morgan fingerprint density at radius 1 is 0.946 bits per heavy atom. The van der Waals surface area contributed by atoms with Crippen LogP contribution < -0.4 is 14.5 Å². The number of hydrogen-bond donors (Lipinski definition) is 1. The standard InChI is InChI=1S/C24H24F3N5O3S2.H2/c25-24(26,27)17-1-3-18(4-2-17)30-12-14-31(15-13-30)21-9-11-32(22(21)33)19-5-7-20(8-6-19)37(34,35)29-23-28-10-16-36-23;/h1-8,10,16,21H,9,11-15H2,(H,28,29);1H/t21-;/m0./s1. The largest absolute Gasteiger partial charge is 0.416 e. The SMILES string of the molecule is O=C1[C@@H](N2CCN(c3ccc(C(F)(F)F)cc3)CC2)CCN1c1ccc(S(=O)(=O)Nc2nccs2)cc1.[HH]. The molecule has 1 N–H and O–H groups in total. The zero-order chi connectivity index (χ0) is 26.2. The average molecular weight is 554 g/mol. The summed E-state index contributed by atoms with van der Waals surface area (Å²) >= 11 is 1.18. The number of carbonyl (C=O) groups is 1. The van der Waals surface area contributed by atoms with E-state index in [-0.39, 0.29) is 23.4 Å². The van der Waals surface area contributed by atoms with Gasteiger partial charge < -0.3 is 9.80 Å². The Morgan fingerprint density at radius 2 is 1.59 bits per heavy atom. The van der Waals surface area contributed by atoms with Crippen LogP contribution in [0.4, 0.5) is 29.7 Å². The van der Waals surface area contributed by atoms with E-state index < -0.39 is 21.8 Å². The normalized spacial score (nSPS) is 19.4. The van der Waals surface area contributed by atoms with Gasteiger partial charge in [-0.25, -0.2) is 13.4 Å². The van der Waals surface area contributed by atoms with Gasteiger partial charge in [0.15, 0.2) is 5.13 Å². The summed E-state index contributed by atoms with van der Waals surface area (Å²) in [4.78, 5) is 23.0. The van der Waals surface area contributed by atoms with Crippen molar-refractivity contribution in [2.24, 2.45) is 0 Å². The number of sulfonamides is 1. The fraction of sp³-hybridized carbons (Fsp3) is 0.333. The second kappa shape index (κ2) is 9.95. The quantitative estimate of drug-likeness (QED) is 0.494. The lowest BCUT2D eigenvalue weighted by atomic mass is 10.1. The minimum atomic E-state index is -4.36. The van der Waals surface area contributed by atoms with Crippen LogP contribution in [0.3, 0.4) is 0 Å². The van der Waals surface area contributed by atoms with E-state index >= 15 is 0 Å². The molecular weight excluding hydrogens is 527 g/mol. The van der Waals surface area contributed by atoms with E-state index in [1.165, 1.54) is 41.8 Å². The van der Waals surface area contributed by atoms with Crippen molar-refractivity contribution >= 4 is 43.8 Å². The van der Waals surface area contributed by atoms with Crippen molar-refractivity contribution in [3.05, 3.63) is 65.7 Å². The van der Waals surface area contributed by atoms with Crippen molar-refractivity contribution in [2.45, 2.75) is 23.5 Å². The fourth-order valence-corrected chi connectivity index (χ4v) is 6.45. The molecule has 0 aliphatic carbocycles. The fourth-order valence-electron chi connectivity index (χ4n) is 4.67. The van der Waals surface area contributed by atoms with Crippen molar-refractivity contribution in [1.82, 2.24) is 9.88 Å². The first-order valence-electron chi connectivity index (χ1n) is 11.6. The summed E-state index contributed by atoms with van der Waals surface area (Å²) in [5, 5.41) is 1.95. The molecule has 2 aliphatic rings. The number of aromatic nitrogens is 1. The van der Waals surface area contributed by atoms with Gasteiger partial charge in [0.1, 0.15) is 0 Å². The molecule has 0 saturated carbocycles. The van der Waals surface area contributed by atoms with Gasteiger partial charge in [-0.05, 0) is 55.0 Å². The molecule has 8 nitrogen and oxygen atoms in total. The molecular formula is C24H26F3N5O3S2. The first-order chi connectivity index (χ1) is 17.6. The van der Waals surface area contributed by atoms with Gasteiger partial charge in [0.05, 0.1) is 16.5 Å². The highest BCUT2D eigenvalue weighted by Crippen LogP contribution is 2.31. The number of nitrogens with zero attached hydrogens (tertiary/aromatic N) is 4. The van der Waals surface area contributed by atoms with Crippen molar-refractivity contribution in [3.63, 3.8) is 0 Å². The van der Waals surface area contributed by atoms with Gasteiger partial charge >= 0.3 is 6.18 Å². The van der Waals surface area contributed by atoms with Crippen LogP contribution in [-0.4, -0.2) is 63.0 Å². The molecule has 37 heavy (non-hydrogen) atoms. The summed E-state index contributed by atoms with van der Waals surface area (Å²) in [5.41, 5.74) is 0.684. The second-order valence-corrected chi connectivity index (χ2v) is 11.4. The molecule has 1 atom stereocenters. The number of hydrogen-bond acceptors (Lipinski definition) is 7. The van der Waals surface area contributed by atoms with Crippen LogP contribution in [0, 0.1) is 0 Å². The molecule has 0 unspecified atom stereocenters. The lowest BCUT2D eigenvalue weighted by molar-refractivity contribution is -0.137. The molecule has 0 bridgehead atoms. The highest BCUT2D eigenvalue weighted by molar-refractivity contribution is 7.93. The Morgan fingerprint density at radius 3 is 2.19 bits per heavy atom. The number of thiazole rings is 1. The molecule has 3 aromatic rings. The van der Waals surface area contributed by atoms with E-state index in [0.717, 1.165) is 17.8 Å². The Kier molecular flexibility index (Phi) is 6.86. The number of amides is 1. The molecule has 2 aliphatic heterocycles. The molecule has 0 radical (unpaired) electrons. The van der Waals surface area contributed by atoms with Gasteiger partial charge in [0.25, 0.3) is 10.0 Å². The van der Waals surface area contributed by atoms with Gasteiger partial charge in [0.2, 0.25) is 5.91 Å². The second-order valence-electron chi connectivity index (χ2n) is 8.80. The maximum absolute atomic E-state index is 13.2. The maximum atomic E-state index is 13.2. The van der Waals surface area contributed by atoms with E-state index in [4.69, 9.17) is 0 Å². The number of piperazine rings is 1. The number of carbonyl (C=O) groups excluding carboxylic acids is 1. The van der Waals surface area contributed by atoms with Crippen molar-refractivity contribution in [3.8, 4) is 0 Å². The first-order valence-corrected chi connectivity index (χ1v) is 14.0. The number of halogens is 3. The molecule has 2 aromatic carbocycles. The third-order valence-electron chi connectivity index (χ3n) is 6.60. The van der Waals surface area contributed by atoms with Gasteiger partial charge in [0, 0.05) is 57.1 Å². The van der Waals surface area contributed by atoms with Gasteiger partial charge in [-0.15, -0.1) is 11.3 Å². The predicted molar refractivity (Wildman–Crippen MR) is 137 cm³/mol. The number of nitrogens with one attached hydrogen (secondary N) is 1. The lowest BCUT2D eigenvalue weighted by Gasteiger charge is -2.38. The average Bonchev–Trinajstić information content (AvgIpc) is 3.53. The molecule has 13 heteroatoms. The molecule has 0 spiro atoms. The van der Waals surface area contributed by atoms with Crippen LogP contribution in [0.15, 0.2) is 65.0 Å². The summed E-state index contributed by atoms with van der Waals surface area (Å²) < 4.78 is 66.0. The van der Waals surface area contributed by atoms with Gasteiger partial charge in [-0.3, -0.25) is 14.4 Å². The Balaban J connectivity index is 0.00000336. The van der Waals surface area contributed by atoms with Crippen molar-refractivity contribution < 1.29 is 27.8 Å². The van der Waals surface area contributed by atoms with Crippen LogP contribution in [0.1, 0.15) is 13.4 Å². The van der Waals surface area contributed by atoms with Crippen LogP contribution in [0.2, 0.25) is 0 Å². The van der Waals surface area contributed by atoms with Crippen LogP contribution in [0.5, 0.6) is 0 Å². The Hall–Kier alpha value is -3.16. The van der Waals surface area contributed by atoms with E-state index in [1.54, 1.807) is 22.4 Å². The first kappa shape index (κ1) is 25.5. The van der Waals surface area contributed by atoms with Crippen LogP contribution >= 0.6 is 11.3 Å². The highest BCUT2D eigenvalue weighted by Gasteiger charge is 2.38. The minimum Gasteiger partial charge on any atom is -0.369 e. The zero-order valence-electron chi connectivity index (χ0n) is 19.6. The van der Waals surface area contributed by atoms with Crippen LogP contribution in [-0.2, 0) is 21.0 Å². The van der Waals surface area contributed by atoms with E-state index in [0.29, 0.717) is 44.8 Å². The lowest BCUT2D eigenvalue weighted by Crippen LogP contribution is -2.52. The molecule has 1 amide bonds. The third kappa shape index (κ3) is 5.43. The number of rotatable bonds is 6. The zero-order valence-corrected chi connectivity index (χ0v) is 21.2. The molecule has 5 rings (SSSR count). The number of anilines is 3. The summed E-state index contributed by atoms with van der Waals surface area (Å²) in [6.07, 6.45) is -2.21. The summed E-state index contributed by atoms with van der Waals surface area (Å²) in [6, 6.07) is 11.0. The van der Waals surface area contributed by atoms with Crippen molar-refractivity contribution in [2.75, 3.05) is 47.2 Å². The highest BCUT2D eigenvalue weighted by atomic mass is 32.2. The summed E-state index contributed by atoms with van der Waals surface area (Å²) in [7, 11) is -3.78. The van der Waals surface area contributed by atoms with E-state index in [2.05, 4.69) is 14.6 Å². The molecule has 2 fully saturated rings. The topological polar surface area (TPSA) is 85.9 Å².